The van der Waals surface area contributed by atoms with Crippen molar-refractivity contribution in [2.24, 2.45) is 0 Å². The van der Waals surface area contributed by atoms with E-state index in [1.807, 2.05) is 38.1 Å². The van der Waals surface area contributed by atoms with Crippen LogP contribution in [-0.2, 0) is 6.54 Å². The third-order valence-corrected chi connectivity index (χ3v) is 6.59. The Morgan fingerprint density at radius 1 is 1.20 bits per heavy atom. The Bertz CT molecular complexity index is 1180. The maximum absolute atomic E-state index is 13.5. The van der Waals surface area contributed by atoms with E-state index < -0.39 is 17.2 Å². The number of rotatable bonds is 8. The summed E-state index contributed by atoms with van der Waals surface area (Å²) in [6.45, 7) is 4.64. The first-order valence-electron chi connectivity index (χ1n) is 10.0. The van der Waals surface area contributed by atoms with Crippen molar-refractivity contribution in [1.29, 1.82) is 0 Å². The molecule has 0 aliphatic carbocycles. The summed E-state index contributed by atoms with van der Waals surface area (Å²) in [7, 11) is 0. The predicted octanol–water partition coefficient (Wildman–Crippen LogP) is 4.23. The van der Waals surface area contributed by atoms with Gasteiger partial charge in [0.1, 0.15) is 10.7 Å². The van der Waals surface area contributed by atoms with E-state index in [9.17, 15) is 14.4 Å². The average molecular weight is 449 g/mol. The molecule has 0 spiro atoms. The van der Waals surface area contributed by atoms with Gasteiger partial charge in [-0.15, -0.1) is 11.3 Å². The monoisotopic (exact) mass is 448 g/mol. The molecule has 1 amide bonds. The number of nitrogens with one attached hydrogen (secondary N) is 1. The second-order valence-electron chi connectivity index (χ2n) is 7.05. The molecule has 0 atom stereocenters. The highest BCUT2D eigenvalue weighted by Gasteiger charge is 2.28. The number of hydrogen-bond donors (Lipinski definition) is 2. The van der Waals surface area contributed by atoms with Crippen molar-refractivity contribution >= 4 is 50.4 Å². The lowest BCUT2D eigenvalue weighted by Crippen LogP contribution is -2.41. The number of carbonyl (C=O) groups excluding carboxylic acids is 1. The van der Waals surface area contributed by atoms with Crippen molar-refractivity contribution in [3.63, 3.8) is 0 Å². The summed E-state index contributed by atoms with van der Waals surface area (Å²) in [4.78, 5) is 42.5. The SMILES string of the molecule is CCCCN(C(=O)c1sc2ccccc2c1Cl)c1c(N)n(CCCC)c(=O)[nH]c1=O. The smallest absolute Gasteiger partial charge is 0.330 e. The van der Waals surface area contributed by atoms with Crippen LogP contribution in [0.1, 0.15) is 49.2 Å². The molecule has 1 aromatic carbocycles. The number of fused-ring (bicyclic) bond motifs is 1. The molecule has 9 heteroatoms. The Kier molecular flexibility index (Phi) is 6.99. The van der Waals surface area contributed by atoms with Crippen LogP contribution in [0, 0.1) is 0 Å². The number of nitrogens with zero attached hydrogens (tertiary/aromatic N) is 2. The van der Waals surface area contributed by atoms with Crippen LogP contribution >= 0.6 is 22.9 Å². The van der Waals surface area contributed by atoms with Gasteiger partial charge in [-0.3, -0.25) is 24.0 Å². The molecule has 3 aromatic rings. The maximum atomic E-state index is 13.5. The number of aromatic amines is 1. The molecule has 0 bridgehead atoms. The number of nitrogens with two attached hydrogens (primary N) is 1. The number of aromatic nitrogens is 2. The summed E-state index contributed by atoms with van der Waals surface area (Å²) in [6.07, 6.45) is 3.06. The van der Waals surface area contributed by atoms with Crippen LogP contribution in [0.15, 0.2) is 33.9 Å². The van der Waals surface area contributed by atoms with Gasteiger partial charge in [-0.05, 0) is 18.9 Å². The Balaban J connectivity index is 2.14. The molecule has 0 fully saturated rings. The van der Waals surface area contributed by atoms with E-state index in [0.717, 1.165) is 29.3 Å². The van der Waals surface area contributed by atoms with Crippen molar-refractivity contribution in [2.75, 3.05) is 17.2 Å². The van der Waals surface area contributed by atoms with Crippen molar-refractivity contribution in [2.45, 2.75) is 46.1 Å². The first-order chi connectivity index (χ1) is 14.4. The van der Waals surface area contributed by atoms with Crippen molar-refractivity contribution in [3.8, 4) is 0 Å². The van der Waals surface area contributed by atoms with Crippen molar-refractivity contribution in [1.82, 2.24) is 9.55 Å². The third-order valence-electron chi connectivity index (χ3n) is 4.93. The van der Waals surface area contributed by atoms with Gasteiger partial charge >= 0.3 is 5.69 Å². The van der Waals surface area contributed by atoms with Gasteiger partial charge in [-0.25, -0.2) is 4.79 Å². The summed E-state index contributed by atoms with van der Waals surface area (Å²) in [6, 6.07) is 7.49. The summed E-state index contributed by atoms with van der Waals surface area (Å²) in [5.41, 5.74) is 5.00. The van der Waals surface area contributed by atoms with Gasteiger partial charge in [0.15, 0.2) is 5.69 Å². The van der Waals surface area contributed by atoms with E-state index in [-0.39, 0.29) is 11.5 Å². The van der Waals surface area contributed by atoms with Gasteiger partial charge in [-0.1, -0.05) is 56.5 Å². The fourth-order valence-corrected chi connectivity index (χ4v) is 4.74. The van der Waals surface area contributed by atoms with Crippen LogP contribution < -0.4 is 21.9 Å². The number of carbonyl (C=O) groups is 1. The summed E-state index contributed by atoms with van der Waals surface area (Å²) >= 11 is 7.79. The largest absolute Gasteiger partial charge is 0.383 e. The van der Waals surface area contributed by atoms with Crippen LogP contribution in [0.5, 0.6) is 0 Å². The molecule has 0 radical (unpaired) electrons. The van der Waals surface area contributed by atoms with E-state index in [4.69, 9.17) is 17.3 Å². The maximum Gasteiger partial charge on any atom is 0.330 e. The molecule has 0 aliphatic rings. The minimum atomic E-state index is -0.674. The minimum Gasteiger partial charge on any atom is -0.383 e. The molecule has 30 heavy (non-hydrogen) atoms. The Labute approximate surface area is 183 Å². The van der Waals surface area contributed by atoms with Crippen LogP contribution in [-0.4, -0.2) is 22.0 Å². The molecule has 0 aliphatic heterocycles. The number of halogens is 1. The predicted molar refractivity (Wildman–Crippen MR) is 124 cm³/mol. The number of hydrogen-bond acceptors (Lipinski definition) is 5. The molecule has 160 valence electrons. The van der Waals surface area contributed by atoms with Crippen LogP contribution in [0.4, 0.5) is 11.5 Å². The van der Waals surface area contributed by atoms with Gasteiger partial charge in [0.25, 0.3) is 11.5 Å². The third kappa shape index (κ3) is 4.15. The van der Waals surface area contributed by atoms with Gasteiger partial charge in [0.05, 0.1) is 5.02 Å². The molecule has 0 saturated heterocycles. The number of H-pyrrole nitrogens is 1. The molecular formula is C21H25ClN4O3S. The quantitative estimate of drug-likeness (QED) is 0.538. The zero-order chi connectivity index (χ0) is 21.8. The first kappa shape index (κ1) is 22.1. The van der Waals surface area contributed by atoms with Crippen LogP contribution in [0.2, 0.25) is 5.02 Å². The van der Waals surface area contributed by atoms with Crippen LogP contribution in [0.25, 0.3) is 10.1 Å². The second kappa shape index (κ2) is 9.49. The number of benzene rings is 1. The van der Waals surface area contributed by atoms with Gasteiger partial charge in [0, 0.05) is 23.2 Å². The van der Waals surface area contributed by atoms with E-state index in [0.29, 0.717) is 29.4 Å². The van der Waals surface area contributed by atoms with Gasteiger partial charge < -0.3 is 5.73 Å². The highest BCUT2D eigenvalue weighted by molar-refractivity contribution is 7.21. The molecule has 3 rings (SSSR count). The molecule has 2 heterocycles. The number of unbranched alkanes of at least 4 members (excludes halogenated alkanes) is 2. The van der Waals surface area contributed by atoms with Crippen LogP contribution in [0.3, 0.4) is 0 Å². The van der Waals surface area contributed by atoms with E-state index in [1.54, 1.807) is 0 Å². The fourth-order valence-electron chi connectivity index (χ4n) is 3.28. The summed E-state index contributed by atoms with van der Waals surface area (Å²) in [5, 5.41) is 1.15. The highest BCUT2D eigenvalue weighted by Crippen LogP contribution is 2.36. The molecule has 2 aromatic heterocycles. The lowest BCUT2D eigenvalue weighted by molar-refractivity contribution is 0.0990. The molecule has 0 saturated carbocycles. The lowest BCUT2D eigenvalue weighted by atomic mass is 10.2. The van der Waals surface area contributed by atoms with Crippen molar-refractivity contribution < 1.29 is 4.79 Å². The first-order valence-corrected chi connectivity index (χ1v) is 11.2. The van der Waals surface area contributed by atoms with Gasteiger partial charge in [-0.2, -0.15) is 0 Å². The topological polar surface area (TPSA) is 101 Å². The number of amides is 1. The zero-order valence-electron chi connectivity index (χ0n) is 17.0. The summed E-state index contributed by atoms with van der Waals surface area (Å²) in [5.74, 6) is -0.397. The molecule has 7 nitrogen and oxygen atoms in total. The van der Waals surface area contributed by atoms with E-state index >= 15 is 0 Å². The molecular weight excluding hydrogens is 424 g/mol. The molecule has 3 N–H and O–H groups in total. The average Bonchev–Trinajstić information content (AvgIpc) is 3.06. The Morgan fingerprint density at radius 3 is 2.57 bits per heavy atom. The molecule has 0 unspecified atom stereocenters. The fraction of sp³-hybridized carbons (Fsp3) is 0.381. The summed E-state index contributed by atoms with van der Waals surface area (Å²) < 4.78 is 2.20. The normalized spacial score (nSPS) is 11.2. The highest BCUT2D eigenvalue weighted by atomic mass is 35.5. The standard InChI is InChI=1S/C21H25ClN4O3S/c1-3-5-11-25(16-18(23)26(12-6-4-2)21(29)24-19(16)27)20(28)17-15(22)13-9-7-8-10-14(13)30-17/h7-10H,3-6,11-12,23H2,1-2H3,(H,24,27,29). The number of nitrogen functional groups attached to an aromatic ring is 1. The van der Waals surface area contributed by atoms with Crippen molar-refractivity contribution in [3.05, 3.63) is 55.0 Å². The Hall–Kier alpha value is -2.58. The minimum absolute atomic E-state index is 0.00103. The second-order valence-corrected chi connectivity index (χ2v) is 8.48. The zero-order valence-corrected chi connectivity index (χ0v) is 18.6. The van der Waals surface area contributed by atoms with Gasteiger partial charge in [0.2, 0.25) is 0 Å². The van der Waals surface area contributed by atoms with E-state index in [2.05, 4.69) is 4.98 Å². The Morgan fingerprint density at radius 2 is 1.90 bits per heavy atom. The number of thiophene rings is 1. The lowest BCUT2D eigenvalue weighted by Gasteiger charge is -2.24. The number of anilines is 2. The van der Waals surface area contributed by atoms with E-state index in [1.165, 1.54) is 20.8 Å².